The summed E-state index contributed by atoms with van der Waals surface area (Å²) in [4.78, 5) is 3.72. The molecule has 0 bridgehead atoms. The molecule has 2 rings (SSSR count). The van der Waals surface area contributed by atoms with Crippen LogP contribution in [0.5, 0.6) is 0 Å². The molecule has 110 valence electrons. The minimum atomic E-state index is -3.96. The average molecular weight is 326 g/mol. The Bertz CT molecular complexity index is 816. The van der Waals surface area contributed by atoms with Crippen LogP contribution in [0.25, 0.3) is 0 Å². The van der Waals surface area contributed by atoms with E-state index >= 15 is 0 Å². The van der Waals surface area contributed by atoms with Crippen LogP contribution in [0.2, 0.25) is 0 Å². The number of guanidine groups is 1. The highest BCUT2D eigenvalue weighted by Gasteiger charge is 2.18. The van der Waals surface area contributed by atoms with Gasteiger partial charge in [0.25, 0.3) is 14.4 Å². The van der Waals surface area contributed by atoms with Crippen molar-refractivity contribution in [3.63, 3.8) is 0 Å². The normalized spacial score (nSPS) is 18.1. The third-order valence-corrected chi connectivity index (χ3v) is 4.40. The van der Waals surface area contributed by atoms with Gasteiger partial charge < -0.3 is 5.21 Å². The molecule has 0 spiro atoms. The molecule has 0 atom stereocenters. The minimum Gasteiger partial charge on any atom is -0.740 e. The van der Waals surface area contributed by atoms with E-state index in [1.807, 2.05) is 0 Å². The number of nitrogens with zero attached hydrogens (tertiary/aromatic N) is 4. The van der Waals surface area contributed by atoms with Crippen molar-refractivity contribution in [3.8, 4) is 0 Å². The largest absolute Gasteiger partial charge is 0.740 e. The number of hydrogen-bond acceptors (Lipinski definition) is 7. The first-order valence-electron chi connectivity index (χ1n) is 5.38. The van der Waals surface area contributed by atoms with Crippen LogP contribution in [-0.2, 0) is 10.0 Å². The Hall–Kier alpha value is -2.37. The SMILES string of the molecule is C=C1C=CC=C/C1=[N+](\[O-])C(N)=Nc1nnc(S(N)(=O)=O)s1. The Morgan fingerprint density at radius 1 is 1.38 bits per heavy atom. The van der Waals surface area contributed by atoms with Gasteiger partial charge in [0.15, 0.2) is 0 Å². The van der Waals surface area contributed by atoms with E-state index < -0.39 is 20.3 Å². The van der Waals surface area contributed by atoms with Gasteiger partial charge in [-0.2, -0.15) is 0 Å². The summed E-state index contributed by atoms with van der Waals surface area (Å²) in [6.07, 6.45) is 6.52. The molecule has 1 aromatic heterocycles. The molecule has 0 fully saturated rings. The second-order valence-corrected chi connectivity index (χ2v) is 6.48. The first-order chi connectivity index (χ1) is 9.79. The van der Waals surface area contributed by atoms with Crippen molar-refractivity contribution in [1.29, 1.82) is 0 Å². The van der Waals surface area contributed by atoms with Crippen LogP contribution in [0.3, 0.4) is 0 Å². The molecule has 1 aromatic rings. The summed E-state index contributed by atoms with van der Waals surface area (Å²) in [7, 11) is -3.96. The molecule has 0 aromatic carbocycles. The van der Waals surface area contributed by atoms with Gasteiger partial charge >= 0.3 is 11.1 Å². The van der Waals surface area contributed by atoms with E-state index in [0.717, 1.165) is 0 Å². The maximum Gasteiger partial charge on any atom is 0.393 e. The van der Waals surface area contributed by atoms with Gasteiger partial charge in [-0.25, -0.2) is 18.3 Å². The molecule has 9 nitrogen and oxygen atoms in total. The molecular weight excluding hydrogens is 316 g/mol. The molecule has 0 saturated heterocycles. The van der Waals surface area contributed by atoms with E-state index in [1.54, 1.807) is 18.2 Å². The van der Waals surface area contributed by atoms with Gasteiger partial charge in [0.05, 0.1) is 0 Å². The fraction of sp³-hybridized carbons (Fsp3) is 0. The molecule has 1 aliphatic carbocycles. The molecule has 0 amide bonds. The van der Waals surface area contributed by atoms with Gasteiger partial charge in [0.1, 0.15) is 5.71 Å². The van der Waals surface area contributed by atoms with Crippen LogP contribution in [0, 0.1) is 5.21 Å². The fourth-order valence-electron chi connectivity index (χ4n) is 1.34. The van der Waals surface area contributed by atoms with E-state index in [4.69, 9.17) is 10.9 Å². The number of hydroxylamine groups is 1. The molecule has 11 heteroatoms. The molecule has 0 unspecified atom stereocenters. The van der Waals surface area contributed by atoms with Crippen molar-refractivity contribution in [2.75, 3.05) is 0 Å². The molecule has 0 aliphatic heterocycles. The molecule has 1 heterocycles. The van der Waals surface area contributed by atoms with E-state index in [-0.39, 0.29) is 10.8 Å². The summed E-state index contributed by atoms with van der Waals surface area (Å²) < 4.78 is 22.1. The fourth-order valence-corrected chi connectivity index (χ4v) is 2.64. The maximum atomic E-state index is 12.0. The van der Waals surface area contributed by atoms with E-state index in [1.165, 1.54) is 6.08 Å². The topological polar surface area (TPSA) is 150 Å². The molecular formula is C10H10N6O3S2. The Balaban J connectivity index is 2.35. The number of nitrogens with two attached hydrogens (primary N) is 2. The van der Waals surface area contributed by atoms with Crippen LogP contribution in [-0.4, -0.2) is 35.0 Å². The number of primary sulfonamides is 1. The van der Waals surface area contributed by atoms with E-state index in [9.17, 15) is 13.6 Å². The zero-order valence-electron chi connectivity index (χ0n) is 10.5. The maximum absolute atomic E-state index is 12.0. The van der Waals surface area contributed by atoms with E-state index in [0.29, 0.717) is 21.6 Å². The highest BCUT2D eigenvalue weighted by Crippen LogP contribution is 2.21. The summed E-state index contributed by atoms with van der Waals surface area (Å²) >= 11 is 0.601. The summed E-state index contributed by atoms with van der Waals surface area (Å²) in [5.41, 5.74) is 6.25. The van der Waals surface area contributed by atoms with Gasteiger partial charge in [-0.3, -0.25) is 5.73 Å². The van der Waals surface area contributed by atoms with Crippen LogP contribution in [0.4, 0.5) is 5.13 Å². The van der Waals surface area contributed by atoms with Gasteiger partial charge in [-0.1, -0.05) is 29.9 Å². The third-order valence-electron chi connectivity index (χ3n) is 2.27. The predicted octanol–water partition coefficient (Wildman–Crippen LogP) is -0.235. The lowest BCUT2D eigenvalue weighted by Gasteiger charge is -2.14. The van der Waals surface area contributed by atoms with Crippen molar-refractivity contribution in [2.24, 2.45) is 15.9 Å². The Kier molecular flexibility index (Phi) is 3.97. The van der Waals surface area contributed by atoms with Crippen LogP contribution in [0.1, 0.15) is 0 Å². The average Bonchev–Trinajstić information content (AvgIpc) is 2.87. The standard InChI is InChI=1S/C10H10N6O3S2/c1-6-4-2-3-5-7(6)16(17)8(11)13-9-14-15-10(20-9)21(12,18)19/h2-5H,1H2,(H2,11,13,14)(H2,12,18,19)/b16-7+. The van der Waals surface area contributed by atoms with Crippen LogP contribution >= 0.6 is 11.3 Å². The Morgan fingerprint density at radius 2 is 2.05 bits per heavy atom. The highest BCUT2D eigenvalue weighted by atomic mass is 32.2. The minimum absolute atomic E-state index is 0.0982. The summed E-state index contributed by atoms with van der Waals surface area (Å²) in [6, 6.07) is 0. The third kappa shape index (κ3) is 3.39. The highest BCUT2D eigenvalue weighted by molar-refractivity contribution is 7.91. The molecule has 0 saturated carbocycles. The van der Waals surface area contributed by atoms with E-state index in [2.05, 4.69) is 21.8 Å². The number of aliphatic imine (C=N–C) groups is 1. The van der Waals surface area contributed by atoms with Gasteiger partial charge in [-0.15, -0.1) is 5.10 Å². The molecule has 21 heavy (non-hydrogen) atoms. The molecule has 0 radical (unpaired) electrons. The smallest absolute Gasteiger partial charge is 0.393 e. The Labute approximate surface area is 124 Å². The second-order valence-electron chi connectivity index (χ2n) is 3.79. The Morgan fingerprint density at radius 3 is 2.62 bits per heavy atom. The van der Waals surface area contributed by atoms with Gasteiger partial charge in [-0.05, 0) is 22.4 Å². The number of allylic oxidation sites excluding steroid dienone is 5. The van der Waals surface area contributed by atoms with Crippen molar-refractivity contribution in [2.45, 2.75) is 4.34 Å². The first-order valence-corrected chi connectivity index (χ1v) is 7.74. The summed E-state index contributed by atoms with van der Waals surface area (Å²) in [6.45, 7) is 3.69. The number of rotatable bonds is 2. The lowest BCUT2D eigenvalue weighted by Crippen LogP contribution is -2.29. The molecule has 4 N–H and O–H groups in total. The zero-order chi connectivity index (χ0) is 15.6. The predicted molar refractivity (Wildman–Crippen MR) is 78.6 cm³/mol. The van der Waals surface area contributed by atoms with Crippen molar-refractivity contribution >= 4 is 38.2 Å². The van der Waals surface area contributed by atoms with Gasteiger partial charge in [0, 0.05) is 5.57 Å². The number of hydrogen-bond donors (Lipinski definition) is 2. The first kappa shape index (κ1) is 15.0. The number of sulfonamides is 1. The van der Waals surface area contributed by atoms with Gasteiger partial charge in [0.2, 0.25) is 0 Å². The number of aromatic nitrogens is 2. The van der Waals surface area contributed by atoms with Crippen molar-refractivity contribution in [1.82, 2.24) is 10.2 Å². The second kappa shape index (κ2) is 5.55. The monoisotopic (exact) mass is 326 g/mol. The summed E-state index contributed by atoms with van der Waals surface area (Å²) in [5.74, 6) is -0.428. The zero-order valence-corrected chi connectivity index (χ0v) is 12.1. The lowest BCUT2D eigenvalue weighted by atomic mass is 10.1. The molecule has 1 aliphatic rings. The lowest BCUT2D eigenvalue weighted by molar-refractivity contribution is -0.325. The summed E-state index contributed by atoms with van der Waals surface area (Å²) in [5, 5.41) is 23.6. The van der Waals surface area contributed by atoms with Crippen LogP contribution in [0.15, 0.2) is 45.8 Å². The van der Waals surface area contributed by atoms with Crippen molar-refractivity contribution in [3.05, 3.63) is 41.7 Å². The quantitative estimate of drug-likeness (QED) is 0.252. The van der Waals surface area contributed by atoms with Crippen molar-refractivity contribution < 1.29 is 13.2 Å². The van der Waals surface area contributed by atoms with Crippen LogP contribution < -0.4 is 10.9 Å².